The van der Waals surface area contributed by atoms with E-state index in [-0.39, 0.29) is 0 Å². The van der Waals surface area contributed by atoms with Gasteiger partial charge >= 0.3 is 0 Å². The molecule has 0 radical (unpaired) electrons. The first-order valence-electron chi connectivity index (χ1n) is 10.3. The van der Waals surface area contributed by atoms with Crippen LogP contribution in [0.4, 0.5) is 0 Å². The summed E-state index contributed by atoms with van der Waals surface area (Å²) < 4.78 is 0. The summed E-state index contributed by atoms with van der Waals surface area (Å²) in [5.74, 6) is 0. The Morgan fingerprint density at radius 3 is 1.31 bits per heavy atom. The molecule has 0 bridgehead atoms. The smallest absolute Gasteiger partial charge is 0.0656 e. The Balaban J connectivity index is 1.68. The molecule has 0 aliphatic rings. The molecule has 1 heteroatoms. The van der Waals surface area contributed by atoms with Crippen molar-refractivity contribution >= 4 is 13.3 Å². The predicted octanol–water partition coefficient (Wildman–Crippen LogP) is 7.54. The highest BCUT2D eigenvalue weighted by Crippen LogP contribution is 2.30. The van der Waals surface area contributed by atoms with E-state index in [4.69, 9.17) is 0 Å². The first-order valence-corrected chi connectivity index (χ1v) is 13.8. The minimum absolute atomic E-state index is 1.25. The number of rotatable bonds is 4. The molecule has 4 rings (SSSR count). The molecule has 144 valence electrons. The summed E-state index contributed by atoms with van der Waals surface area (Å²) in [5.41, 5.74) is 8.88. The topological polar surface area (TPSA) is 0 Å². The second-order valence-electron chi connectivity index (χ2n) is 8.86. The lowest BCUT2D eigenvalue weighted by molar-refractivity contribution is 1.47. The maximum Gasteiger partial charge on any atom is 0.0775 e. The molecule has 0 fully saturated rings. The van der Waals surface area contributed by atoms with Gasteiger partial charge in [-0.2, -0.15) is 0 Å². The summed E-state index contributed by atoms with van der Waals surface area (Å²) in [4.78, 5) is 0. The predicted molar refractivity (Wildman–Crippen MR) is 130 cm³/mol. The molecule has 0 amide bonds. The number of hydrogen-bond acceptors (Lipinski definition) is 0. The Kier molecular flexibility index (Phi) is 5.25. The van der Waals surface area contributed by atoms with Crippen LogP contribution >= 0.6 is 0 Å². The normalized spacial score (nSPS) is 11.4. The van der Waals surface area contributed by atoms with Crippen LogP contribution in [0.3, 0.4) is 0 Å². The van der Waals surface area contributed by atoms with Gasteiger partial charge in [-0.1, -0.05) is 115 Å². The van der Waals surface area contributed by atoms with Crippen LogP contribution < -0.4 is 5.19 Å². The molecule has 4 aromatic carbocycles. The number of aryl methyl sites for hydroxylation is 1. The summed E-state index contributed by atoms with van der Waals surface area (Å²) >= 11 is 0. The average Bonchev–Trinajstić information content (AvgIpc) is 2.73. The van der Waals surface area contributed by atoms with Gasteiger partial charge in [0.15, 0.2) is 0 Å². The molecule has 0 nitrogen and oxygen atoms in total. The molecular formula is C28H28Si. The summed E-state index contributed by atoms with van der Waals surface area (Å²) in [6, 6.07) is 35.6. The zero-order chi connectivity index (χ0) is 20.4. The molecule has 0 heterocycles. The van der Waals surface area contributed by atoms with Gasteiger partial charge in [0.05, 0.1) is 8.07 Å². The van der Waals surface area contributed by atoms with E-state index in [1.807, 2.05) is 0 Å². The SMILES string of the molecule is Cc1cccc(-c2cccc(-c3cccc(-c4ccc([Si](C)(C)C)cc4)c3)c2)c1. The third-order valence-corrected chi connectivity index (χ3v) is 7.56. The molecule has 0 aliphatic heterocycles. The first-order chi connectivity index (χ1) is 13.9. The molecule has 0 N–H and O–H groups in total. The monoisotopic (exact) mass is 392 g/mol. The summed E-state index contributed by atoms with van der Waals surface area (Å²) in [6.45, 7) is 9.32. The van der Waals surface area contributed by atoms with Crippen molar-refractivity contribution in [2.24, 2.45) is 0 Å². The highest BCUT2D eigenvalue weighted by atomic mass is 28.3. The van der Waals surface area contributed by atoms with E-state index >= 15 is 0 Å². The molecule has 0 saturated carbocycles. The van der Waals surface area contributed by atoms with Gasteiger partial charge in [-0.3, -0.25) is 0 Å². The van der Waals surface area contributed by atoms with Crippen molar-refractivity contribution in [3.8, 4) is 33.4 Å². The standard InChI is InChI=1S/C28H28Si/c1-21-8-5-9-23(18-21)25-11-7-13-27(20-25)26-12-6-10-24(19-26)22-14-16-28(17-15-22)29(2,3)4/h5-20H,1-4H3. The highest BCUT2D eigenvalue weighted by Gasteiger charge is 2.15. The summed E-state index contributed by atoms with van der Waals surface area (Å²) in [6.07, 6.45) is 0. The molecule has 0 aromatic heterocycles. The van der Waals surface area contributed by atoms with Crippen LogP contribution in [0.25, 0.3) is 33.4 Å². The van der Waals surface area contributed by atoms with Crippen molar-refractivity contribution in [2.45, 2.75) is 26.6 Å². The minimum Gasteiger partial charge on any atom is -0.0656 e. The van der Waals surface area contributed by atoms with Crippen LogP contribution in [0.2, 0.25) is 19.6 Å². The lowest BCUT2D eigenvalue weighted by atomic mass is 9.96. The van der Waals surface area contributed by atoms with Crippen LogP contribution in [-0.4, -0.2) is 8.07 Å². The maximum absolute atomic E-state index is 2.39. The van der Waals surface area contributed by atoms with Crippen LogP contribution in [0.5, 0.6) is 0 Å². The van der Waals surface area contributed by atoms with E-state index in [2.05, 4.69) is 124 Å². The Bertz CT molecular complexity index is 1130. The van der Waals surface area contributed by atoms with Gasteiger partial charge < -0.3 is 0 Å². The Morgan fingerprint density at radius 1 is 0.448 bits per heavy atom. The number of benzene rings is 4. The van der Waals surface area contributed by atoms with Gasteiger partial charge in [0.2, 0.25) is 0 Å². The molecule has 0 unspecified atom stereocenters. The third-order valence-electron chi connectivity index (χ3n) is 5.49. The second kappa shape index (κ2) is 7.85. The van der Waals surface area contributed by atoms with E-state index in [0.717, 1.165) is 0 Å². The molecular weight excluding hydrogens is 364 g/mol. The van der Waals surface area contributed by atoms with Gasteiger partial charge in [-0.15, -0.1) is 0 Å². The van der Waals surface area contributed by atoms with Crippen molar-refractivity contribution in [1.29, 1.82) is 0 Å². The quantitative estimate of drug-likeness (QED) is 0.315. The molecule has 4 aromatic rings. The van der Waals surface area contributed by atoms with Crippen molar-refractivity contribution in [2.75, 3.05) is 0 Å². The van der Waals surface area contributed by atoms with E-state index in [1.54, 1.807) is 0 Å². The fraction of sp³-hybridized carbons (Fsp3) is 0.143. The zero-order valence-electron chi connectivity index (χ0n) is 17.7. The highest BCUT2D eigenvalue weighted by molar-refractivity contribution is 6.88. The van der Waals surface area contributed by atoms with Crippen LogP contribution in [0.1, 0.15) is 5.56 Å². The van der Waals surface area contributed by atoms with Gasteiger partial charge in [0.25, 0.3) is 0 Å². The van der Waals surface area contributed by atoms with E-state index in [1.165, 1.54) is 44.1 Å². The van der Waals surface area contributed by atoms with Crippen LogP contribution in [0, 0.1) is 6.92 Å². The van der Waals surface area contributed by atoms with Crippen LogP contribution in [0.15, 0.2) is 97.1 Å². The lowest BCUT2D eigenvalue weighted by Crippen LogP contribution is -2.37. The third kappa shape index (κ3) is 4.41. The summed E-state index contributed by atoms with van der Waals surface area (Å²) in [5, 5.41) is 1.50. The second-order valence-corrected chi connectivity index (χ2v) is 13.9. The number of hydrogen-bond donors (Lipinski definition) is 0. The van der Waals surface area contributed by atoms with Crippen molar-refractivity contribution in [3.63, 3.8) is 0 Å². The minimum atomic E-state index is -1.26. The summed E-state index contributed by atoms with van der Waals surface area (Å²) in [7, 11) is -1.26. The largest absolute Gasteiger partial charge is 0.0775 e. The Labute approximate surface area is 175 Å². The van der Waals surface area contributed by atoms with Crippen LogP contribution in [-0.2, 0) is 0 Å². The van der Waals surface area contributed by atoms with Crippen molar-refractivity contribution < 1.29 is 0 Å². The maximum atomic E-state index is 2.39. The molecule has 0 spiro atoms. The van der Waals surface area contributed by atoms with Gasteiger partial charge in [-0.25, -0.2) is 0 Å². The Morgan fingerprint density at radius 2 is 0.862 bits per heavy atom. The van der Waals surface area contributed by atoms with Crippen molar-refractivity contribution in [1.82, 2.24) is 0 Å². The van der Waals surface area contributed by atoms with Crippen molar-refractivity contribution in [3.05, 3.63) is 103 Å². The van der Waals surface area contributed by atoms with Gasteiger partial charge in [-0.05, 0) is 52.4 Å². The van der Waals surface area contributed by atoms with E-state index in [9.17, 15) is 0 Å². The molecule has 0 saturated heterocycles. The van der Waals surface area contributed by atoms with E-state index < -0.39 is 8.07 Å². The first kappa shape index (κ1) is 19.4. The molecule has 29 heavy (non-hydrogen) atoms. The lowest BCUT2D eigenvalue weighted by Gasteiger charge is -2.17. The fourth-order valence-corrected chi connectivity index (χ4v) is 4.91. The molecule has 0 atom stereocenters. The zero-order valence-corrected chi connectivity index (χ0v) is 18.7. The average molecular weight is 393 g/mol. The van der Waals surface area contributed by atoms with Gasteiger partial charge in [0, 0.05) is 0 Å². The fourth-order valence-electron chi connectivity index (χ4n) is 3.74. The van der Waals surface area contributed by atoms with E-state index in [0.29, 0.717) is 0 Å². The molecule has 0 aliphatic carbocycles. The van der Waals surface area contributed by atoms with Gasteiger partial charge in [0.1, 0.15) is 0 Å². The Hall–Kier alpha value is -2.90.